The molecule has 1 fully saturated rings. The van der Waals surface area contributed by atoms with Gasteiger partial charge in [-0.25, -0.2) is 9.50 Å². The van der Waals surface area contributed by atoms with E-state index in [9.17, 15) is 4.79 Å². The van der Waals surface area contributed by atoms with Crippen LogP contribution in [0.4, 0.5) is 0 Å². The minimum atomic E-state index is 0.0637. The predicted octanol–water partition coefficient (Wildman–Crippen LogP) is 1.97. The quantitative estimate of drug-likeness (QED) is 0.322. The van der Waals surface area contributed by atoms with Crippen LogP contribution in [-0.4, -0.2) is 74.1 Å². The molecule has 0 bridgehead atoms. The van der Waals surface area contributed by atoms with E-state index in [-0.39, 0.29) is 5.91 Å². The summed E-state index contributed by atoms with van der Waals surface area (Å²) in [6.07, 6.45) is 12.6. The van der Waals surface area contributed by atoms with Crippen molar-refractivity contribution < 1.29 is 4.79 Å². The van der Waals surface area contributed by atoms with Crippen LogP contribution in [0.15, 0.2) is 37.1 Å². The van der Waals surface area contributed by atoms with Crippen molar-refractivity contribution in [2.45, 2.75) is 32.7 Å². The second-order valence-corrected chi connectivity index (χ2v) is 8.14. The van der Waals surface area contributed by atoms with E-state index in [4.69, 9.17) is 10.4 Å². The lowest BCUT2D eigenvalue weighted by Gasteiger charge is -2.26. The molecule has 3 aromatic heterocycles. The number of nitrogens with zero attached hydrogens (tertiary/aromatic N) is 6. The van der Waals surface area contributed by atoms with Gasteiger partial charge in [-0.05, 0) is 18.9 Å². The molecule has 1 aliphatic heterocycles. The summed E-state index contributed by atoms with van der Waals surface area (Å²) >= 11 is 0. The number of carbonyl (C=O) groups is 1. The zero-order chi connectivity index (χ0) is 23.2. The number of hydrogen-bond acceptors (Lipinski definition) is 7. The molecule has 33 heavy (non-hydrogen) atoms. The predicted molar refractivity (Wildman–Crippen MR) is 128 cm³/mol. The third-order valence-corrected chi connectivity index (χ3v) is 5.98. The minimum absolute atomic E-state index is 0.0637. The maximum atomic E-state index is 11.5. The van der Waals surface area contributed by atoms with Gasteiger partial charge in [0, 0.05) is 55.9 Å². The average Bonchev–Trinajstić information content (AvgIpc) is 3.49. The third-order valence-electron chi connectivity index (χ3n) is 5.98. The van der Waals surface area contributed by atoms with Crippen LogP contribution in [0.25, 0.3) is 22.3 Å². The summed E-state index contributed by atoms with van der Waals surface area (Å²) in [5.41, 5.74) is 3.90. The Morgan fingerprint density at radius 2 is 2.15 bits per heavy atom. The molecule has 4 heterocycles. The molecule has 3 aromatic rings. The number of piperazine rings is 1. The van der Waals surface area contributed by atoms with Crippen molar-refractivity contribution in [2.24, 2.45) is 0 Å². The molecule has 1 saturated heterocycles. The van der Waals surface area contributed by atoms with Crippen LogP contribution < -0.4 is 10.6 Å². The maximum absolute atomic E-state index is 11.5. The molecule has 4 rings (SSSR count). The number of nitrogens with one attached hydrogen (secondary N) is 3. The fourth-order valence-electron chi connectivity index (χ4n) is 4.08. The molecular formula is C23H31N9O. The minimum Gasteiger partial charge on any atom is -0.389 e. The number of allylic oxidation sites excluding steroid dienone is 1. The van der Waals surface area contributed by atoms with Crippen molar-refractivity contribution >= 4 is 23.2 Å². The van der Waals surface area contributed by atoms with Gasteiger partial charge in [0.2, 0.25) is 5.91 Å². The van der Waals surface area contributed by atoms with E-state index < -0.39 is 0 Å². The largest absolute Gasteiger partial charge is 0.389 e. The Kier molecular flexibility index (Phi) is 7.13. The van der Waals surface area contributed by atoms with Gasteiger partial charge in [-0.15, -0.1) is 0 Å². The fraction of sp³-hybridized carbons (Fsp3) is 0.435. The van der Waals surface area contributed by atoms with Crippen molar-refractivity contribution in [2.75, 3.05) is 32.7 Å². The van der Waals surface area contributed by atoms with Gasteiger partial charge in [-0.3, -0.25) is 14.4 Å². The molecule has 3 N–H and O–H groups in total. The number of carbonyl (C=O) groups excluding carboxylic acids is 1. The number of aromatic nitrogens is 5. The molecule has 0 atom stereocenters. The molecule has 0 radical (unpaired) electrons. The van der Waals surface area contributed by atoms with Gasteiger partial charge in [-0.2, -0.15) is 10.2 Å². The average molecular weight is 450 g/mol. The van der Waals surface area contributed by atoms with Gasteiger partial charge >= 0.3 is 0 Å². The van der Waals surface area contributed by atoms with E-state index in [0.29, 0.717) is 36.9 Å². The number of amides is 1. The molecule has 10 heteroatoms. The SMILES string of the molecule is CCC(CC)n1cc(-c2nc(/C(C=N)=C/NCCN3CCNC(=O)C3)cn3nccc23)cn1. The normalized spacial score (nSPS) is 15.2. The van der Waals surface area contributed by atoms with Crippen LogP contribution in [0.2, 0.25) is 0 Å². The standard InChI is InChI=1S/C23H31N9O/c1-3-19(4-2)31-14-18(13-28-31)23-21-5-6-27-32(21)15-20(29-23)17(11-24)12-25-7-9-30-10-8-26-22(33)16-30/h5-6,11-15,19,24-25H,3-4,7-10,16H2,1-2H3,(H,26,33)/b17-12+,24-11?. The van der Waals surface area contributed by atoms with Crippen molar-refractivity contribution in [3.05, 3.63) is 42.7 Å². The first-order valence-corrected chi connectivity index (χ1v) is 11.4. The molecule has 0 saturated carbocycles. The highest BCUT2D eigenvalue weighted by Crippen LogP contribution is 2.26. The van der Waals surface area contributed by atoms with Crippen molar-refractivity contribution in [3.8, 4) is 11.3 Å². The third kappa shape index (κ3) is 5.11. The van der Waals surface area contributed by atoms with Crippen LogP contribution in [-0.2, 0) is 4.79 Å². The first-order valence-electron chi connectivity index (χ1n) is 11.4. The lowest BCUT2D eigenvalue weighted by atomic mass is 10.1. The summed E-state index contributed by atoms with van der Waals surface area (Å²) in [6, 6.07) is 2.29. The molecule has 10 nitrogen and oxygen atoms in total. The highest BCUT2D eigenvalue weighted by Gasteiger charge is 2.16. The summed E-state index contributed by atoms with van der Waals surface area (Å²) in [7, 11) is 0. The summed E-state index contributed by atoms with van der Waals surface area (Å²) in [6.45, 7) is 7.71. The molecule has 0 aromatic carbocycles. The van der Waals surface area contributed by atoms with Crippen LogP contribution >= 0.6 is 0 Å². The topological polar surface area (TPSA) is 116 Å². The van der Waals surface area contributed by atoms with E-state index in [2.05, 4.69) is 39.6 Å². The zero-order valence-corrected chi connectivity index (χ0v) is 19.2. The van der Waals surface area contributed by atoms with Gasteiger partial charge in [0.25, 0.3) is 0 Å². The Bertz CT molecular complexity index is 1140. The van der Waals surface area contributed by atoms with Crippen molar-refractivity contribution in [3.63, 3.8) is 0 Å². The van der Waals surface area contributed by atoms with E-state index in [1.165, 1.54) is 6.21 Å². The molecule has 0 spiro atoms. The Balaban J connectivity index is 1.55. The van der Waals surface area contributed by atoms with Crippen molar-refractivity contribution in [1.29, 1.82) is 5.41 Å². The number of rotatable bonds is 10. The van der Waals surface area contributed by atoms with E-state index in [1.54, 1.807) is 16.9 Å². The fourth-order valence-corrected chi connectivity index (χ4v) is 4.08. The molecule has 174 valence electrons. The molecule has 1 aliphatic rings. The first-order chi connectivity index (χ1) is 16.1. The summed E-state index contributed by atoms with van der Waals surface area (Å²) in [5, 5.41) is 23.0. The van der Waals surface area contributed by atoms with E-state index in [1.807, 2.05) is 29.3 Å². The summed E-state index contributed by atoms with van der Waals surface area (Å²) in [4.78, 5) is 18.5. The van der Waals surface area contributed by atoms with Crippen LogP contribution in [0.5, 0.6) is 0 Å². The van der Waals surface area contributed by atoms with Crippen LogP contribution in [0, 0.1) is 5.41 Å². The summed E-state index contributed by atoms with van der Waals surface area (Å²) < 4.78 is 3.79. The smallest absolute Gasteiger partial charge is 0.234 e. The zero-order valence-electron chi connectivity index (χ0n) is 19.2. The second-order valence-electron chi connectivity index (χ2n) is 8.14. The number of hydrogen-bond donors (Lipinski definition) is 3. The van der Waals surface area contributed by atoms with Gasteiger partial charge in [0.05, 0.1) is 48.1 Å². The van der Waals surface area contributed by atoms with Gasteiger partial charge in [-0.1, -0.05) is 13.8 Å². The van der Waals surface area contributed by atoms with Crippen LogP contribution in [0.1, 0.15) is 38.4 Å². The van der Waals surface area contributed by atoms with E-state index in [0.717, 1.165) is 42.7 Å². The Morgan fingerprint density at radius 3 is 2.91 bits per heavy atom. The van der Waals surface area contributed by atoms with E-state index >= 15 is 0 Å². The molecule has 1 amide bonds. The Labute approximate surface area is 193 Å². The number of fused-ring (bicyclic) bond motifs is 1. The van der Waals surface area contributed by atoms with Gasteiger partial charge in [0.1, 0.15) is 0 Å². The summed E-state index contributed by atoms with van der Waals surface area (Å²) in [5.74, 6) is 0.0637. The monoisotopic (exact) mass is 449 g/mol. The first kappa shape index (κ1) is 22.7. The Hall–Kier alpha value is -3.53. The lowest BCUT2D eigenvalue weighted by Crippen LogP contribution is -2.49. The van der Waals surface area contributed by atoms with Crippen LogP contribution in [0.3, 0.4) is 0 Å². The highest BCUT2D eigenvalue weighted by atomic mass is 16.2. The maximum Gasteiger partial charge on any atom is 0.234 e. The Morgan fingerprint density at radius 1 is 1.30 bits per heavy atom. The second kappa shape index (κ2) is 10.4. The van der Waals surface area contributed by atoms with Crippen molar-refractivity contribution in [1.82, 2.24) is 39.9 Å². The molecule has 0 unspecified atom stereocenters. The molecular weight excluding hydrogens is 418 g/mol. The lowest BCUT2D eigenvalue weighted by molar-refractivity contribution is -0.124. The van der Waals surface area contributed by atoms with Gasteiger partial charge in [0.15, 0.2) is 0 Å². The van der Waals surface area contributed by atoms with Gasteiger partial charge < -0.3 is 16.0 Å². The molecule has 0 aliphatic carbocycles. The highest BCUT2D eigenvalue weighted by molar-refractivity contribution is 6.07.